The molecule has 0 spiro atoms. The predicted octanol–water partition coefficient (Wildman–Crippen LogP) is 4.69. The molecule has 0 saturated carbocycles. The molecule has 3 rings (SSSR count). The monoisotopic (exact) mass is 436 g/mol. The third-order valence-corrected chi connectivity index (χ3v) is 4.64. The van der Waals surface area contributed by atoms with Crippen molar-refractivity contribution < 1.29 is 22.7 Å². The molecule has 158 valence electrons. The zero-order chi connectivity index (χ0) is 21.9. The van der Waals surface area contributed by atoms with Crippen LogP contribution in [-0.4, -0.2) is 27.0 Å². The maximum Gasteiger partial charge on any atom is 0.573 e. The van der Waals surface area contributed by atoms with Crippen LogP contribution in [0.5, 0.6) is 5.75 Å². The Bertz CT molecular complexity index is 1090. The average Bonchev–Trinajstić information content (AvgIpc) is 3.01. The second-order valence-electron chi connectivity index (χ2n) is 6.71. The van der Waals surface area contributed by atoms with Gasteiger partial charge in [0.2, 0.25) is 5.91 Å². The van der Waals surface area contributed by atoms with Crippen LogP contribution in [0, 0.1) is 11.7 Å². The summed E-state index contributed by atoms with van der Waals surface area (Å²) in [5.74, 6) is -0.0954. The molecule has 10 heteroatoms. The lowest BCUT2D eigenvalue weighted by Gasteiger charge is -2.16. The molecule has 0 aliphatic carbocycles. The molecule has 0 radical (unpaired) electrons. The molecule has 2 aromatic carbocycles. The molecule has 1 unspecified atom stereocenters. The standard InChI is InChI=1S/C20H19F3N4O2S/c1-12-4-3-5-15(10-12)18-25-26-19(30)27(18)11-17(28)24-13(2)14-6-8-16(9-7-14)29-20(21,22)23/h3-10,13H,11H2,1-2H3,(H,24,28)(H,26,30). The van der Waals surface area contributed by atoms with Gasteiger partial charge in [0, 0.05) is 5.56 Å². The van der Waals surface area contributed by atoms with Gasteiger partial charge < -0.3 is 10.1 Å². The fraction of sp³-hybridized carbons (Fsp3) is 0.250. The highest BCUT2D eigenvalue weighted by atomic mass is 32.1. The first-order valence-electron chi connectivity index (χ1n) is 9.00. The summed E-state index contributed by atoms with van der Waals surface area (Å²) in [4.78, 5) is 12.6. The van der Waals surface area contributed by atoms with Crippen LogP contribution in [0.1, 0.15) is 24.1 Å². The number of hydrogen-bond donors (Lipinski definition) is 2. The second-order valence-corrected chi connectivity index (χ2v) is 7.10. The topological polar surface area (TPSA) is 71.9 Å². The Hall–Kier alpha value is -3.14. The summed E-state index contributed by atoms with van der Waals surface area (Å²) in [5, 5.41) is 9.73. The number of ether oxygens (including phenoxy) is 1. The van der Waals surface area contributed by atoms with Crippen LogP contribution in [0.25, 0.3) is 11.4 Å². The minimum absolute atomic E-state index is 0.0573. The first kappa shape index (κ1) is 21.6. The molecular weight excluding hydrogens is 417 g/mol. The van der Waals surface area contributed by atoms with Crippen LogP contribution in [0.3, 0.4) is 0 Å². The average molecular weight is 436 g/mol. The summed E-state index contributed by atoms with van der Waals surface area (Å²) in [6.07, 6.45) is -4.75. The number of H-pyrrole nitrogens is 1. The van der Waals surface area contributed by atoms with Gasteiger partial charge in [-0.15, -0.1) is 13.2 Å². The van der Waals surface area contributed by atoms with Gasteiger partial charge in [-0.25, -0.2) is 0 Å². The normalized spacial score (nSPS) is 12.4. The van der Waals surface area contributed by atoms with Crippen molar-refractivity contribution in [3.05, 3.63) is 64.4 Å². The Kier molecular flexibility index (Phi) is 6.25. The van der Waals surface area contributed by atoms with Crippen LogP contribution in [-0.2, 0) is 11.3 Å². The number of carbonyl (C=O) groups excluding carboxylic acids is 1. The summed E-state index contributed by atoms with van der Waals surface area (Å²) in [5.41, 5.74) is 2.50. The van der Waals surface area contributed by atoms with E-state index >= 15 is 0 Å². The predicted molar refractivity (Wildman–Crippen MR) is 107 cm³/mol. The summed E-state index contributed by atoms with van der Waals surface area (Å²) >= 11 is 5.25. The number of amides is 1. The molecule has 0 aliphatic rings. The van der Waals surface area contributed by atoms with E-state index in [1.54, 1.807) is 11.5 Å². The van der Waals surface area contributed by atoms with Gasteiger partial charge in [-0.2, -0.15) is 5.10 Å². The van der Waals surface area contributed by atoms with E-state index in [-0.39, 0.29) is 18.2 Å². The molecular formula is C20H19F3N4O2S. The summed E-state index contributed by atoms with van der Waals surface area (Å²) in [6.45, 7) is 3.63. The molecule has 6 nitrogen and oxygen atoms in total. The highest BCUT2D eigenvalue weighted by Gasteiger charge is 2.31. The van der Waals surface area contributed by atoms with Crippen LogP contribution < -0.4 is 10.1 Å². The SMILES string of the molecule is Cc1cccc(-c2n[nH]c(=S)n2CC(=O)NC(C)c2ccc(OC(F)(F)F)cc2)c1. The van der Waals surface area contributed by atoms with E-state index in [2.05, 4.69) is 20.3 Å². The molecule has 1 heterocycles. The molecule has 1 aromatic heterocycles. The first-order chi connectivity index (χ1) is 14.1. The lowest BCUT2D eigenvalue weighted by atomic mass is 10.1. The number of benzene rings is 2. The lowest BCUT2D eigenvalue weighted by molar-refractivity contribution is -0.274. The zero-order valence-electron chi connectivity index (χ0n) is 16.2. The summed E-state index contributed by atoms with van der Waals surface area (Å²) in [6, 6.07) is 12.6. The molecule has 0 bridgehead atoms. The smallest absolute Gasteiger partial charge is 0.406 e. The van der Waals surface area contributed by atoms with Gasteiger partial charge in [-0.1, -0.05) is 35.9 Å². The molecule has 30 heavy (non-hydrogen) atoms. The van der Waals surface area contributed by atoms with E-state index in [0.29, 0.717) is 16.2 Å². The number of halogens is 3. The van der Waals surface area contributed by atoms with Gasteiger partial charge in [0.05, 0.1) is 6.04 Å². The summed E-state index contributed by atoms with van der Waals surface area (Å²) < 4.78 is 42.5. The number of nitrogens with zero attached hydrogens (tertiary/aromatic N) is 2. The maximum absolute atomic E-state index is 12.6. The van der Waals surface area contributed by atoms with Crippen LogP contribution in [0.4, 0.5) is 13.2 Å². The van der Waals surface area contributed by atoms with Gasteiger partial charge in [0.1, 0.15) is 12.3 Å². The Morgan fingerprint density at radius 1 is 1.27 bits per heavy atom. The second kappa shape index (κ2) is 8.70. The van der Waals surface area contributed by atoms with Crippen molar-refractivity contribution in [2.75, 3.05) is 0 Å². The van der Waals surface area contributed by atoms with E-state index in [0.717, 1.165) is 11.1 Å². The van der Waals surface area contributed by atoms with Gasteiger partial charge in [-0.05, 0) is 49.8 Å². The minimum Gasteiger partial charge on any atom is -0.406 e. The van der Waals surface area contributed by atoms with Crippen molar-refractivity contribution in [1.82, 2.24) is 20.1 Å². The third kappa shape index (κ3) is 5.47. The Morgan fingerprint density at radius 2 is 1.97 bits per heavy atom. The van der Waals surface area contributed by atoms with Crippen molar-refractivity contribution in [2.45, 2.75) is 32.8 Å². The largest absolute Gasteiger partial charge is 0.573 e. The van der Waals surface area contributed by atoms with E-state index < -0.39 is 12.4 Å². The first-order valence-corrected chi connectivity index (χ1v) is 9.40. The Balaban J connectivity index is 1.69. The number of aromatic nitrogens is 3. The molecule has 1 amide bonds. The summed E-state index contributed by atoms with van der Waals surface area (Å²) in [7, 11) is 0. The van der Waals surface area contributed by atoms with Crippen molar-refractivity contribution in [3.63, 3.8) is 0 Å². The molecule has 0 saturated heterocycles. The minimum atomic E-state index is -4.75. The molecule has 0 fully saturated rings. The van der Waals surface area contributed by atoms with Gasteiger partial charge in [0.25, 0.3) is 0 Å². The van der Waals surface area contributed by atoms with Crippen molar-refractivity contribution in [2.24, 2.45) is 0 Å². The number of rotatable bonds is 6. The lowest BCUT2D eigenvalue weighted by Crippen LogP contribution is -2.30. The van der Waals surface area contributed by atoms with E-state index in [1.165, 1.54) is 24.3 Å². The fourth-order valence-corrected chi connectivity index (χ4v) is 3.14. The van der Waals surface area contributed by atoms with E-state index in [9.17, 15) is 18.0 Å². The van der Waals surface area contributed by atoms with E-state index in [4.69, 9.17) is 12.2 Å². The van der Waals surface area contributed by atoms with Crippen molar-refractivity contribution in [3.8, 4) is 17.1 Å². The number of aromatic amines is 1. The number of alkyl halides is 3. The van der Waals surface area contributed by atoms with Crippen molar-refractivity contribution >= 4 is 18.1 Å². The Labute approximate surface area is 175 Å². The van der Waals surface area contributed by atoms with Gasteiger partial charge in [0.15, 0.2) is 10.6 Å². The van der Waals surface area contributed by atoms with Crippen LogP contribution >= 0.6 is 12.2 Å². The maximum atomic E-state index is 12.6. The highest BCUT2D eigenvalue weighted by molar-refractivity contribution is 7.71. The third-order valence-electron chi connectivity index (χ3n) is 4.33. The zero-order valence-corrected chi connectivity index (χ0v) is 17.0. The van der Waals surface area contributed by atoms with E-state index in [1.807, 2.05) is 31.2 Å². The quantitative estimate of drug-likeness (QED) is 0.550. The molecule has 2 N–H and O–H groups in total. The van der Waals surface area contributed by atoms with Gasteiger partial charge in [-0.3, -0.25) is 14.5 Å². The number of hydrogen-bond acceptors (Lipinski definition) is 4. The van der Waals surface area contributed by atoms with Crippen molar-refractivity contribution in [1.29, 1.82) is 0 Å². The molecule has 3 aromatic rings. The Morgan fingerprint density at radius 3 is 2.60 bits per heavy atom. The number of aryl methyl sites for hydroxylation is 1. The molecule has 1 atom stereocenters. The van der Waals surface area contributed by atoms with Gasteiger partial charge >= 0.3 is 6.36 Å². The number of carbonyl (C=O) groups is 1. The van der Waals surface area contributed by atoms with Crippen LogP contribution in [0.15, 0.2) is 48.5 Å². The number of nitrogens with one attached hydrogen (secondary N) is 2. The molecule has 0 aliphatic heterocycles. The fourth-order valence-electron chi connectivity index (χ4n) is 2.94. The highest BCUT2D eigenvalue weighted by Crippen LogP contribution is 2.24. The van der Waals surface area contributed by atoms with Crippen LogP contribution in [0.2, 0.25) is 0 Å².